The molecule has 1 unspecified atom stereocenters. The number of rotatable bonds is 9. The average Bonchev–Trinajstić information content (AvgIpc) is 2.38. The molecule has 0 fully saturated rings. The number of ether oxygens (including phenoxy) is 1. The molecule has 3 nitrogen and oxygen atoms in total. The van der Waals surface area contributed by atoms with Crippen LogP contribution in [0.25, 0.3) is 0 Å². The molecule has 0 aromatic rings. The highest BCUT2D eigenvalue weighted by atomic mass is 16.5. The second-order valence-electron chi connectivity index (χ2n) is 4.75. The van der Waals surface area contributed by atoms with Gasteiger partial charge < -0.3 is 9.84 Å². The molecule has 1 aliphatic rings. The molecule has 1 aliphatic carbocycles. The van der Waals surface area contributed by atoms with Crippen LogP contribution < -0.4 is 0 Å². The summed E-state index contributed by atoms with van der Waals surface area (Å²) >= 11 is 0. The van der Waals surface area contributed by atoms with Crippen LogP contribution in [-0.2, 0) is 9.53 Å². The number of carboxylic acids is 1. The quantitative estimate of drug-likeness (QED) is 0.638. The number of hydrogen-bond acceptors (Lipinski definition) is 2. The topological polar surface area (TPSA) is 46.5 Å². The Bertz CT molecular complexity index is 305. The lowest BCUT2D eigenvalue weighted by molar-refractivity contribution is -0.142. The first kappa shape index (κ1) is 15.0. The molecule has 1 rings (SSSR count). The fourth-order valence-corrected chi connectivity index (χ4v) is 2.06. The Labute approximate surface area is 110 Å². The maximum Gasteiger partial charge on any atom is 0.306 e. The Morgan fingerprint density at radius 1 is 1.44 bits per heavy atom. The molecular formula is C15H24O3. The average molecular weight is 252 g/mol. The standard InChI is InChI=1S/C15H24O3/c1-2-14(15(16)17)10-6-7-11-18-12-13-8-4-3-5-9-13/h4,8-9,14H,2-3,5-7,10-12H2,1H3,(H,16,17). The summed E-state index contributed by atoms with van der Waals surface area (Å²) in [6.45, 7) is 3.34. The highest BCUT2D eigenvalue weighted by molar-refractivity contribution is 5.69. The van der Waals surface area contributed by atoms with E-state index in [4.69, 9.17) is 9.84 Å². The van der Waals surface area contributed by atoms with Crippen LogP contribution in [0.1, 0.15) is 45.4 Å². The van der Waals surface area contributed by atoms with E-state index in [1.165, 1.54) is 5.57 Å². The maximum absolute atomic E-state index is 10.8. The van der Waals surface area contributed by atoms with Crippen LogP contribution >= 0.6 is 0 Å². The summed E-state index contributed by atoms with van der Waals surface area (Å²) in [4.78, 5) is 10.8. The van der Waals surface area contributed by atoms with Crippen LogP contribution in [0.15, 0.2) is 23.8 Å². The van der Waals surface area contributed by atoms with Crippen molar-refractivity contribution >= 4 is 5.97 Å². The molecule has 1 atom stereocenters. The van der Waals surface area contributed by atoms with E-state index in [1.54, 1.807) is 0 Å². The molecule has 0 saturated heterocycles. The summed E-state index contributed by atoms with van der Waals surface area (Å²) in [5, 5.41) is 8.90. The van der Waals surface area contributed by atoms with Crippen molar-refractivity contribution in [2.24, 2.45) is 5.92 Å². The lowest BCUT2D eigenvalue weighted by atomic mass is 10.00. The van der Waals surface area contributed by atoms with Crippen molar-refractivity contribution in [3.05, 3.63) is 23.8 Å². The van der Waals surface area contributed by atoms with Gasteiger partial charge in [0.2, 0.25) is 0 Å². The zero-order chi connectivity index (χ0) is 13.2. The molecule has 0 radical (unpaired) electrons. The first-order chi connectivity index (χ1) is 8.74. The van der Waals surface area contributed by atoms with E-state index >= 15 is 0 Å². The maximum atomic E-state index is 10.8. The molecule has 1 N–H and O–H groups in total. The molecule has 0 heterocycles. The molecular weight excluding hydrogens is 228 g/mol. The molecule has 102 valence electrons. The fourth-order valence-electron chi connectivity index (χ4n) is 2.06. The Hall–Kier alpha value is -1.09. The molecule has 0 aliphatic heterocycles. The first-order valence-electron chi connectivity index (χ1n) is 6.90. The predicted molar refractivity (Wildman–Crippen MR) is 72.5 cm³/mol. The van der Waals surface area contributed by atoms with Gasteiger partial charge in [0.25, 0.3) is 0 Å². The van der Waals surface area contributed by atoms with E-state index in [2.05, 4.69) is 18.2 Å². The van der Waals surface area contributed by atoms with Crippen LogP contribution in [0, 0.1) is 5.92 Å². The Morgan fingerprint density at radius 3 is 2.89 bits per heavy atom. The van der Waals surface area contributed by atoms with Gasteiger partial charge >= 0.3 is 5.97 Å². The zero-order valence-electron chi connectivity index (χ0n) is 11.2. The summed E-state index contributed by atoms with van der Waals surface area (Å²) in [6.07, 6.45) is 12.1. The second kappa shape index (κ2) is 8.92. The summed E-state index contributed by atoms with van der Waals surface area (Å²) in [5.41, 5.74) is 1.26. The van der Waals surface area contributed by atoms with Gasteiger partial charge in [-0.15, -0.1) is 0 Å². The third-order valence-electron chi connectivity index (χ3n) is 3.27. The van der Waals surface area contributed by atoms with Crippen LogP contribution in [0.5, 0.6) is 0 Å². The second-order valence-corrected chi connectivity index (χ2v) is 4.75. The van der Waals surface area contributed by atoms with Crippen LogP contribution in [0.3, 0.4) is 0 Å². The van der Waals surface area contributed by atoms with Crippen molar-refractivity contribution in [1.29, 1.82) is 0 Å². The lowest BCUT2D eigenvalue weighted by Crippen LogP contribution is -2.12. The lowest BCUT2D eigenvalue weighted by Gasteiger charge is -2.10. The molecule has 3 heteroatoms. The Morgan fingerprint density at radius 2 is 2.28 bits per heavy atom. The van der Waals surface area contributed by atoms with Crippen LogP contribution in [0.2, 0.25) is 0 Å². The van der Waals surface area contributed by atoms with Gasteiger partial charge in [-0.2, -0.15) is 0 Å². The van der Waals surface area contributed by atoms with Gasteiger partial charge in [-0.1, -0.05) is 31.6 Å². The molecule has 0 aromatic heterocycles. The first-order valence-corrected chi connectivity index (χ1v) is 6.90. The van der Waals surface area contributed by atoms with Crippen molar-refractivity contribution in [2.45, 2.75) is 45.4 Å². The van der Waals surface area contributed by atoms with Gasteiger partial charge in [0, 0.05) is 6.61 Å². The van der Waals surface area contributed by atoms with E-state index in [0.29, 0.717) is 13.0 Å². The number of aliphatic carboxylic acids is 1. The van der Waals surface area contributed by atoms with Crippen molar-refractivity contribution < 1.29 is 14.6 Å². The predicted octanol–water partition coefficient (Wildman–Crippen LogP) is 3.56. The summed E-state index contributed by atoms with van der Waals surface area (Å²) < 4.78 is 5.58. The van der Waals surface area contributed by atoms with E-state index in [-0.39, 0.29) is 5.92 Å². The van der Waals surface area contributed by atoms with Crippen LogP contribution in [-0.4, -0.2) is 24.3 Å². The van der Waals surface area contributed by atoms with E-state index < -0.39 is 5.97 Å². The monoisotopic (exact) mass is 252 g/mol. The molecule has 0 spiro atoms. The van der Waals surface area contributed by atoms with Gasteiger partial charge in [0.05, 0.1) is 12.5 Å². The minimum absolute atomic E-state index is 0.186. The summed E-state index contributed by atoms with van der Waals surface area (Å²) in [6, 6.07) is 0. The van der Waals surface area contributed by atoms with Crippen LogP contribution in [0.4, 0.5) is 0 Å². The molecule has 0 amide bonds. The van der Waals surface area contributed by atoms with E-state index in [9.17, 15) is 4.79 Å². The Balaban J connectivity index is 2.00. The van der Waals surface area contributed by atoms with E-state index in [1.807, 2.05) is 6.92 Å². The van der Waals surface area contributed by atoms with Gasteiger partial charge in [0.1, 0.15) is 0 Å². The van der Waals surface area contributed by atoms with Crippen molar-refractivity contribution in [1.82, 2.24) is 0 Å². The number of carboxylic acid groups (broad SMARTS) is 1. The molecule has 0 aromatic carbocycles. The Kier molecular flexibility index (Phi) is 7.42. The smallest absolute Gasteiger partial charge is 0.306 e. The van der Waals surface area contributed by atoms with Crippen molar-refractivity contribution in [3.8, 4) is 0 Å². The minimum Gasteiger partial charge on any atom is -0.481 e. The zero-order valence-corrected chi connectivity index (χ0v) is 11.2. The molecule has 0 bridgehead atoms. The number of unbranched alkanes of at least 4 members (excludes halogenated alkanes) is 1. The summed E-state index contributed by atoms with van der Waals surface area (Å²) in [7, 11) is 0. The fraction of sp³-hybridized carbons (Fsp3) is 0.667. The van der Waals surface area contributed by atoms with Gasteiger partial charge in [-0.3, -0.25) is 4.79 Å². The SMILES string of the molecule is CCC(CCCCOCC1=CCCC=C1)C(=O)O. The third-order valence-corrected chi connectivity index (χ3v) is 3.27. The number of hydrogen-bond donors (Lipinski definition) is 1. The normalized spacial score (nSPS) is 16.4. The van der Waals surface area contributed by atoms with Crippen molar-refractivity contribution in [3.63, 3.8) is 0 Å². The van der Waals surface area contributed by atoms with Crippen molar-refractivity contribution in [2.75, 3.05) is 13.2 Å². The van der Waals surface area contributed by atoms with E-state index in [0.717, 1.165) is 38.7 Å². The molecule has 18 heavy (non-hydrogen) atoms. The number of carbonyl (C=O) groups is 1. The highest BCUT2D eigenvalue weighted by Crippen LogP contribution is 2.13. The largest absolute Gasteiger partial charge is 0.481 e. The summed E-state index contributed by atoms with van der Waals surface area (Å²) in [5.74, 6) is -0.857. The molecule has 0 saturated carbocycles. The highest BCUT2D eigenvalue weighted by Gasteiger charge is 2.13. The van der Waals surface area contributed by atoms with Gasteiger partial charge in [-0.25, -0.2) is 0 Å². The van der Waals surface area contributed by atoms with Gasteiger partial charge in [0.15, 0.2) is 0 Å². The minimum atomic E-state index is -0.670. The number of allylic oxidation sites excluding steroid dienone is 2. The van der Waals surface area contributed by atoms with Gasteiger partial charge in [-0.05, 0) is 37.7 Å². The third kappa shape index (κ3) is 6.01.